The van der Waals surface area contributed by atoms with Gasteiger partial charge < -0.3 is 20.5 Å². The van der Waals surface area contributed by atoms with Crippen LogP contribution in [0.2, 0.25) is 0 Å². The van der Waals surface area contributed by atoms with Crippen LogP contribution >= 0.6 is 0 Å². The summed E-state index contributed by atoms with van der Waals surface area (Å²) >= 11 is 0. The monoisotopic (exact) mass is 266 g/mol. The molecular formula is C14H22N2O3. The van der Waals surface area contributed by atoms with Crippen molar-refractivity contribution in [2.24, 2.45) is 0 Å². The molecule has 0 radical (unpaired) electrons. The molecular weight excluding hydrogens is 244 g/mol. The van der Waals surface area contributed by atoms with Gasteiger partial charge in [0.2, 0.25) is 0 Å². The highest BCUT2D eigenvalue weighted by molar-refractivity contribution is 5.74. The SMILES string of the molecule is Cc1cccc(OCNC(=O)NC(C)(C)CO)c1C. The molecule has 1 rings (SSSR count). The van der Waals surface area contributed by atoms with Gasteiger partial charge in [-0.05, 0) is 44.9 Å². The number of aliphatic hydroxyl groups is 1. The summed E-state index contributed by atoms with van der Waals surface area (Å²) in [4.78, 5) is 11.5. The molecule has 0 unspecified atom stereocenters. The van der Waals surface area contributed by atoms with Crippen molar-refractivity contribution in [3.05, 3.63) is 29.3 Å². The van der Waals surface area contributed by atoms with E-state index in [1.165, 1.54) is 0 Å². The van der Waals surface area contributed by atoms with E-state index >= 15 is 0 Å². The number of aliphatic hydroxyl groups excluding tert-OH is 1. The van der Waals surface area contributed by atoms with Crippen molar-refractivity contribution in [3.8, 4) is 5.75 Å². The van der Waals surface area contributed by atoms with Crippen LogP contribution in [0.15, 0.2) is 18.2 Å². The second kappa shape index (κ2) is 6.43. The number of benzene rings is 1. The zero-order chi connectivity index (χ0) is 14.5. The van der Waals surface area contributed by atoms with Crippen LogP contribution in [0.4, 0.5) is 4.79 Å². The van der Waals surface area contributed by atoms with Crippen LogP contribution in [-0.4, -0.2) is 30.0 Å². The first kappa shape index (κ1) is 15.3. The Morgan fingerprint density at radius 3 is 2.68 bits per heavy atom. The first-order chi connectivity index (χ1) is 8.85. The van der Waals surface area contributed by atoms with E-state index in [4.69, 9.17) is 9.84 Å². The van der Waals surface area contributed by atoms with Crippen molar-refractivity contribution in [3.63, 3.8) is 0 Å². The number of carbonyl (C=O) groups is 1. The van der Waals surface area contributed by atoms with Crippen molar-refractivity contribution in [2.45, 2.75) is 33.2 Å². The molecule has 0 saturated heterocycles. The summed E-state index contributed by atoms with van der Waals surface area (Å²) in [6, 6.07) is 5.41. The molecule has 0 aliphatic carbocycles. The maximum absolute atomic E-state index is 11.5. The molecule has 0 bridgehead atoms. The van der Waals surface area contributed by atoms with E-state index in [1.54, 1.807) is 13.8 Å². The predicted molar refractivity (Wildman–Crippen MR) is 74.2 cm³/mol. The second-order valence-electron chi connectivity index (χ2n) is 5.16. The van der Waals surface area contributed by atoms with Gasteiger partial charge >= 0.3 is 6.03 Å². The van der Waals surface area contributed by atoms with Gasteiger partial charge in [-0.2, -0.15) is 0 Å². The van der Waals surface area contributed by atoms with Crippen molar-refractivity contribution < 1.29 is 14.6 Å². The molecule has 3 N–H and O–H groups in total. The first-order valence-corrected chi connectivity index (χ1v) is 6.21. The molecule has 1 aromatic rings. The highest BCUT2D eigenvalue weighted by Crippen LogP contribution is 2.19. The molecule has 0 aromatic heterocycles. The summed E-state index contributed by atoms with van der Waals surface area (Å²) in [5.74, 6) is 0.752. The molecule has 106 valence electrons. The lowest BCUT2D eigenvalue weighted by molar-refractivity contribution is 0.176. The van der Waals surface area contributed by atoms with Crippen molar-refractivity contribution >= 4 is 6.03 Å². The first-order valence-electron chi connectivity index (χ1n) is 6.21. The van der Waals surface area contributed by atoms with E-state index in [1.807, 2.05) is 32.0 Å². The summed E-state index contributed by atoms with van der Waals surface area (Å²) in [6.07, 6.45) is 0. The topological polar surface area (TPSA) is 70.6 Å². The quantitative estimate of drug-likeness (QED) is 0.711. The molecule has 1 aromatic carbocycles. The average molecular weight is 266 g/mol. The number of urea groups is 1. The zero-order valence-corrected chi connectivity index (χ0v) is 11.9. The number of ether oxygens (including phenoxy) is 1. The summed E-state index contributed by atoms with van der Waals surface area (Å²) < 4.78 is 5.50. The summed E-state index contributed by atoms with van der Waals surface area (Å²) in [6.45, 7) is 7.40. The third-order valence-corrected chi connectivity index (χ3v) is 2.86. The van der Waals surface area contributed by atoms with Crippen LogP contribution in [-0.2, 0) is 0 Å². The maximum Gasteiger partial charge on any atom is 0.317 e. The fourth-order valence-corrected chi connectivity index (χ4v) is 1.45. The maximum atomic E-state index is 11.5. The lowest BCUT2D eigenvalue weighted by atomic mass is 10.1. The highest BCUT2D eigenvalue weighted by atomic mass is 16.5. The van der Waals surface area contributed by atoms with Gasteiger partial charge in [0.05, 0.1) is 12.1 Å². The molecule has 19 heavy (non-hydrogen) atoms. The molecule has 0 spiro atoms. The zero-order valence-electron chi connectivity index (χ0n) is 11.9. The van der Waals surface area contributed by atoms with E-state index in [-0.39, 0.29) is 19.4 Å². The molecule has 2 amide bonds. The standard InChI is InChI=1S/C14H22N2O3/c1-10-6-5-7-12(11(10)2)19-9-15-13(18)16-14(3,4)8-17/h5-7,17H,8-9H2,1-4H3,(H2,15,16,18). The van der Waals surface area contributed by atoms with E-state index in [0.29, 0.717) is 0 Å². The Labute approximate surface area is 114 Å². The van der Waals surface area contributed by atoms with E-state index in [2.05, 4.69) is 10.6 Å². The smallest absolute Gasteiger partial charge is 0.317 e. The summed E-state index contributed by atoms with van der Waals surface area (Å²) in [5.41, 5.74) is 1.55. The van der Waals surface area contributed by atoms with Gasteiger partial charge in [0, 0.05) is 0 Å². The van der Waals surface area contributed by atoms with Gasteiger partial charge in [-0.25, -0.2) is 4.79 Å². The molecule has 5 nitrogen and oxygen atoms in total. The Morgan fingerprint density at radius 2 is 2.05 bits per heavy atom. The number of carbonyl (C=O) groups excluding carboxylic acids is 1. The van der Waals surface area contributed by atoms with Crippen molar-refractivity contribution in [2.75, 3.05) is 13.3 Å². The van der Waals surface area contributed by atoms with Gasteiger partial charge in [0.25, 0.3) is 0 Å². The number of rotatable bonds is 5. The lowest BCUT2D eigenvalue weighted by Gasteiger charge is -2.23. The van der Waals surface area contributed by atoms with Crippen LogP contribution in [0, 0.1) is 13.8 Å². The third kappa shape index (κ3) is 4.79. The van der Waals surface area contributed by atoms with E-state index < -0.39 is 5.54 Å². The molecule has 0 fully saturated rings. The third-order valence-electron chi connectivity index (χ3n) is 2.86. The molecule has 0 aliphatic rings. The normalized spacial score (nSPS) is 11.0. The second-order valence-corrected chi connectivity index (χ2v) is 5.16. The van der Waals surface area contributed by atoms with E-state index in [0.717, 1.165) is 16.9 Å². The number of hydrogen-bond acceptors (Lipinski definition) is 3. The Hall–Kier alpha value is -1.75. The van der Waals surface area contributed by atoms with Crippen LogP contribution in [0.3, 0.4) is 0 Å². The van der Waals surface area contributed by atoms with Gasteiger partial charge in [0.1, 0.15) is 5.75 Å². The van der Waals surface area contributed by atoms with Crippen LogP contribution in [0.5, 0.6) is 5.75 Å². The fraction of sp³-hybridized carbons (Fsp3) is 0.500. The minimum absolute atomic E-state index is 0.0810. The van der Waals surface area contributed by atoms with Crippen molar-refractivity contribution in [1.29, 1.82) is 0 Å². The number of amides is 2. The van der Waals surface area contributed by atoms with E-state index in [9.17, 15) is 4.79 Å². The predicted octanol–water partition coefficient (Wildman–Crippen LogP) is 1.71. The van der Waals surface area contributed by atoms with Gasteiger partial charge in [0.15, 0.2) is 6.73 Å². The minimum atomic E-state index is -0.649. The van der Waals surface area contributed by atoms with Crippen LogP contribution in [0.25, 0.3) is 0 Å². The van der Waals surface area contributed by atoms with Gasteiger partial charge in [-0.3, -0.25) is 0 Å². The Bertz CT molecular complexity index is 444. The fourth-order valence-electron chi connectivity index (χ4n) is 1.45. The van der Waals surface area contributed by atoms with Crippen molar-refractivity contribution in [1.82, 2.24) is 10.6 Å². The Kier molecular flexibility index (Phi) is 5.18. The number of nitrogens with one attached hydrogen (secondary N) is 2. The highest BCUT2D eigenvalue weighted by Gasteiger charge is 2.18. The lowest BCUT2D eigenvalue weighted by Crippen LogP contribution is -2.51. The van der Waals surface area contributed by atoms with Gasteiger partial charge in [-0.1, -0.05) is 12.1 Å². The molecule has 0 aliphatic heterocycles. The van der Waals surface area contributed by atoms with Crippen LogP contribution in [0.1, 0.15) is 25.0 Å². The summed E-state index contributed by atoms with van der Waals surface area (Å²) in [7, 11) is 0. The number of aryl methyl sites for hydroxylation is 1. The minimum Gasteiger partial charge on any atom is -0.473 e. The Balaban J connectivity index is 2.42. The Morgan fingerprint density at radius 1 is 1.37 bits per heavy atom. The molecule has 0 saturated carbocycles. The largest absolute Gasteiger partial charge is 0.473 e. The van der Waals surface area contributed by atoms with Gasteiger partial charge in [-0.15, -0.1) is 0 Å². The summed E-state index contributed by atoms with van der Waals surface area (Å²) in [5, 5.41) is 14.3. The molecule has 0 atom stereocenters. The van der Waals surface area contributed by atoms with Crippen LogP contribution < -0.4 is 15.4 Å². The molecule has 5 heteroatoms. The average Bonchev–Trinajstić information content (AvgIpc) is 2.34. The molecule has 0 heterocycles. The number of hydrogen-bond donors (Lipinski definition) is 3.